The fourth-order valence-corrected chi connectivity index (χ4v) is 6.86. The van der Waals surface area contributed by atoms with Crippen LogP contribution in [0.1, 0.15) is 13.8 Å². The Hall–Kier alpha value is -6.06. The molecule has 0 unspecified atom stereocenters. The zero-order chi connectivity index (χ0) is 32.2. The molecule has 0 bridgehead atoms. The number of furan rings is 1. The average Bonchev–Trinajstić information content (AvgIpc) is 3.44. The molecule has 8 aromatic rings. The van der Waals surface area contributed by atoms with E-state index in [2.05, 4.69) is 140 Å². The molecule has 0 atom stereocenters. The van der Waals surface area contributed by atoms with Crippen molar-refractivity contribution in [3.05, 3.63) is 158 Å². The Bertz CT molecular complexity index is 2410. The maximum absolute atomic E-state index is 6.58. The zero-order valence-electron chi connectivity index (χ0n) is 26.7. The van der Waals surface area contributed by atoms with Crippen LogP contribution in [0.25, 0.3) is 77.6 Å². The highest BCUT2D eigenvalue weighted by molar-refractivity contribution is 6.06. The monoisotopic (exact) mass is 620 g/mol. The molecule has 0 N–H and O–H groups in total. The highest BCUT2D eigenvalue weighted by atomic mass is 16.7. The summed E-state index contributed by atoms with van der Waals surface area (Å²) in [5, 5.41) is 2.24. The summed E-state index contributed by atoms with van der Waals surface area (Å²) in [7, 11) is 0. The van der Waals surface area contributed by atoms with Crippen LogP contribution in [-0.4, -0.2) is 5.79 Å². The molecule has 0 saturated heterocycles. The molecule has 0 fully saturated rings. The van der Waals surface area contributed by atoms with Crippen LogP contribution in [0.4, 0.5) is 0 Å². The van der Waals surface area contributed by atoms with Crippen molar-refractivity contribution < 1.29 is 13.9 Å². The van der Waals surface area contributed by atoms with Crippen LogP contribution in [-0.2, 0) is 0 Å². The van der Waals surface area contributed by atoms with Crippen molar-refractivity contribution in [1.29, 1.82) is 0 Å². The quantitative estimate of drug-likeness (QED) is 0.196. The van der Waals surface area contributed by atoms with E-state index in [1.165, 1.54) is 22.3 Å². The SMILES string of the molecule is CC1(C)Oc2cc(-c3ccc4c(c3)oc3ccccc34)ccc2-c2cc(-c3cc(-c4ccccc4)cc(-c4ccccc4)c3)ccc2O1. The predicted molar refractivity (Wildman–Crippen MR) is 196 cm³/mol. The summed E-state index contributed by atoms with van der Waals surface area (Å²) in [5.74, 6) is 0.707. The standard InChI is InChI=1S/C45H32O3/c1-45(2)47-42-22-19-31(36-24-34(29-11-5-3-6-12-29)23-35(25-36)30-13-7-4-8-14-30)26-40(42)39-21-18-33(28-44(39)48-45)32-17-20-38-37-15-9-10-16-41(37)46-43(38)27-32/h3-28H,1-2H3. The maximum Gasteiger partial charge on any atom is 0.245 e. The van der Waals surface area contributed by atoms with Gasteiger partial charge in [-0.2, -0.15) is 0 Å². The molecule has 7 aromatic carbocycles. The lowest BCUT2D eigenvalue weighted by molar-refractivity contribution is -0.0778. The van der Waals surface area contributed by atoms with Gasteiger partial charge in [0.2, 0.25) is 5.79 Å². The third kappa shape index (κ3) is 5.01. The van der Waals surface area contributed by atoms with Crippen LogP contribution in [0.2, 0.25) is 0 Å². The number of para-hydroxylation sites is 1. The first kappa shape index (κ1) is 28.2. The van der Waals surface area contributed by atoms with E-state index in [0.717, 1.165) is 66.8 Å². The highest BCUT2D eigenvalue weighted by Crippen LogP contribution is 2.46. The zero-order valence-corrected chi connectivity index (χ0v) is 26.7. The van der Waals surface area contributed by atoms with Crippen LogP contribution in [0, 0.1) is 0 Å². The predicted octanol–water partition coefficient (Wildman–Crippen LogP) is 12.4. The number of hydrogen-bond acceptors (Lipinski definition) is 3. The van der Waals surface area contributed by atoms with Gasteiger partial charge in [-0.25, -0.2) is 0 Å². The van der Waals surface area contributed by atoms with E-state index in [1.807, 2.05) is 32.0 Å². The van der Waals surface area contributed by atoms with Gasteiger partial charge in [-0.3, -0.25) is 0 Å². The second-order valence-corrected chi connectivity index (χ2v) is 12.9. The Morgan fingerprint density at radius 2 is 0.896 bits per heavy atom. The van der Waals surface area contributed by atoms with Gasteiger partial charge in [0.05, 0.1) is 0 Å². The highest BCUT2D eigenvalue weighted by Gasteiger charge is 2.30. The minimum atomic E-state index is -0.865. The van der Waals surface area contributed by atoms with Gasteiger partial charge in [0.15, 0.2) is 0 Å². The molecule has 1 aromatic heterocycles. The van der Waals surface area contributed by atoms with Crippen molar-refractivity contribution in [2.45, 2.75) is 19.6 Å². The van der Waals surface area contributed by atoms with Crippen LogP contribution in [0.3, 0.4) is 0 Å². The largest absolute Gasteiger partial charge is 0.456 e. The Morgan fingerprint density at radius 3 is 1.62 bits per heavy atom. The first-order valence-corrected chi connectivity index (χ1v) is 16.3. The molecule has 48 heavy (non-hydrogen) atoms. The van der Waals surface area contributed by atoms with Crippen molar-refractivity contribution in [1.82, 2.24) is 0 Å². The number of ether oxygens (including phenoxy) is 2. The van der Waals surface area contributed by atoms with Crippen molar-refractivity contribution in [2.75, 3.05) is 0 Å². The summed E-state index contributed by atoms with van der Waals surface area (Å²) in [6.07, 6.45) is 0. The van der Waals surface area contributed by atoms with Gasteiger partial charge in [-0.15, -0.1) is 0 Å². The van der Waals surface area contributed by atoms with Crippen LogP contribution < -0.4 is 9.47 Å². The van der Waals surface area contributed by atoms with E-state index < -0.39 is 5.79 Å². The summed E-state index contributed by atoms with van der Waals surface area (Å²) in [4.78, 5) is 0. The van der Waals surface area contributed by atoms with Gasteiger partial charge in [0, 0.05) is 35.7 Å². The molecule has 3 heteroatoms. The normalized spacial score (nSPS) is 13.3. The van der Waals surface area contributed by atoms with E-state index in [1.54, 1.807) is 0 Å². The molecule has 2 heterocycles. The lowest BCUT2D eigenvalue weighted by Crippen LogP contribution is -2.34. The molecule has 230 valence electrons. The smallest absolute Gasteiger partial charge is 0.245 e. The molecule has 1 aliphatic rings. The summed E-state index contributed by atoms with van der Waals surface area (Å²) in [6, 6.07) is 55.4. The molecular formula is C45H32O3. The third-order valence-electron chi connectivity index (χ3n) is 9.16. The topological polar surface area (TPSA) is 31.6 Å². The van der Waals surface area contributed by atoms with E-state index in [4.69, 9.17) is 13.9 Å². The fraction of sp³-hybridized carbons (Fsp3) is 0.0667. The van der Waals surface area contributed by atoms with Gasteiger partial charge in [-0.05, 0) is 105 Å². The van der Waals surface area contributed by atoms with Crippen LogP contribution >= 0.6 is 0 Å². The number of hydrogen-bond donors (Lipinski definition) is 0. The lowest BCUT2D eigenvalue weighted by atomic mass is 9.91. The Morgan fingerprint density at radius 1 is 0.354 bits per heavy atom. The minimum absolute atomic E-state index is 0.779. The van der Waals surface area contributed by atoms with Crippen LogP contribution in [0.5, 0.6) is 11.5 Å². The molecule has 1 aliphatic heterocycles. The molecule has 0 radical (unpaired) electrons. The van der Waals surface area contributed by atoms with Gasteiger partial charge >= 0.3 is 0 Å². The van der Waals surface area contributed by atoms with Gasteiger partial charge in [0.25, 0.3) is 0 Å². The molecular weight excluding hydrogens is 588 g/mol. The van der Waals surface area contributed by atoms with E-state index in [-0.39, 0.29) is 0 Å². The van der Waals surface area contributed by atoms with Gasteiger partial charge in [0.1, 0.15) is 22.7 Å². The summed E-state index contributed by atoms with van der Waals surface area (Å²) < 4.78 is 19.3. The summed E-state index contributed by atoms with van der Waals surface area (Å²) >= 11 is 0. The number of benzene rings is 7. The Kier molecular flexibility index (Phi) is 6.48. The summed E-state index contributed by atoms with van der Waals surface area (Å²) in [6.45, 7) is 3.92. The minimum Gasteiger partial charge on any atom is -0.456 e. The molecule has 0 saturated carbocycles. The van der Waals surface area contributed by atoms with E-state index in [0.29, 0.717) is 0 Å². The lowest BCUT2D eigenvalue weighted by Gasteiger charge is -2.25. The van der Waals surface area contributed by atoms with Crippen molar-refractivity contribution >= 4 is 21.9 Å². The third-order valence-corrected chi connectivity index (χ3v) is 9.16. The van der Waals surface area contributed by atoms with Gasteiger partial charge in [-0.1, -0.05) is 97.1 Å². The van der Waals surface area contributed by atoms with E-state index in [9.17, 15) is 0 Å². The van der Waals surface area contributed by atoms with Crippen molar-refractivity contribution in [3.63, 3.8) is 0 Å². The maximum atomic E-state index is 6.58. The second kappa shape index (κ2) is 11.0. The Labute approximate surface area is 279 Å². The first-order chi connectivity index (χ1) is 23.5. The van der Waals surface area contributed by atoms with Crippen molar-refractivity contribution in [3.8, 4) is 67.1 Å². The molecule has 0 amide bonds. The molecule has 9 rings (SSSR count). The molecule has 0 spiro atoms. The molecule has 3 nitrogen and oxygen atoms in total. The van der Waals surface area contributed by atoms with Crippen LogP contribution in [0.15, 0.2) is 162 Å². The van der Waals surface area contributed by atoms with Gasteiger partial charge < -0.3 is 13.9 Å². The average molecular weight is 621 g/mol. The number of rotatable bonds is 4. The van der Waals surface area contributed by atoms with Crippen molar-refractivity contribution in [2.24, 2.45) is 0 Å². The number of fused-ring (bicyclic) bond motifs is 6. The summed E-state index contributed by atoms with van der Waals surface area (Å²) in [5.41, 5.74) is 12.8. The Balaban J connectivity index is 1.17. The van der Waals surface area contributed by atoms with E-state index >= 15 is 0 Å². The fourth-order valence-electron chi connectivity index (χ4n) is 6.86. The molecule has 0 aliphatic carbocycles. The second-order valence-electron chi connectivity index (χ2n) is 12.9. The first-order valence-electron chi connectivity index (χ1n) is 16.3.